The SMILES string of the molecule is COc1ccc(OCC(=O)Nc2cc(-c3nnc4n3CCCCC4)ccc2F)cc1. The Kier molecular flexibility index (Phi) is 5.92. The number of aromatic nitrogens is 3. The number of benzene rings is 2. The van der Waals surface area contributed by atoms with E-state index in [2.05, 4.69) is 20.1 Å². The highest BCUT2D eigenvalue weighted by atomic mass is 19.1. The van der Waals surface area contributed by atoms with Gasteiger partial charge in [-0.25, -0.2) is 4.39 Å². The highest BCUT2D eigenvalue weighted by molar-refractivity contribution is 5.92. The number of halogens is 1. The lowest BCUT2D eigenvalue weighted by molar-refractivity contribution is -0.118. The molecule has 0 atom stereocenters. The molecule has 30 heavy (non-hydrogen) atoms. The van der Waals surface area contributed by atoms with Crippen molar-refractivity contribution >= 4 is 11.6 Å². The molecule has 2 aromatic carbocycles. The first-order valence-corrected chi connectivity index (χ1v) is 9.93. The molecule has 1 amide bonds. The largest absolute Gasteiger partial charge is 0.497 e. The van der Waals surface area contributed by atoms with Gasteiger partial charge in [-0.3, -0.25) is 4.79 Å². The van der Waals surface area contributed by atoms with E-state index < -0.39 is 11.7 Å². The molecule has 1 aromatic heterocycles. The molecule has 0 saturated heterocycles. The second-order valence-electron chi connectivity index (χ2n) is 7.11. The van der Waals surface area contributed by atoms with Crippen LogP contribution in [-0.4, -0.2) is 34.4 Å². The second kappa shape index (κ2) is 8.94. The van der Waals surface area contributed by atoms with Gasteiger partial charge in [-0.05, 0) is 55.3 Å². The number of carbonyl (C=O) groups is 1. The van der Waals surface area contributed by atoms with E-state index in [0.29, 0.717) is 22.9 Å². The summed E-state index contributed by atoms with van der Waals surface area (Å²) >= 11 is 0. The molecule has 0 bridgehead atoms. The van der Waals surface area contributed by atoms with E-state index in [-0.39, 0.29) is 12.3 Å². The van der Waals surface area contributed by atoms with Crippen LogP contribution in [0.15, 0.2) is 42.5 Å². The van der Waals surface area contributed by atoms with E-state index in [4.69, 9.17) is 9.47 Å². The maximum atomic E-state index is 14.3. The average Bonchev–Trinajstić information content (AvgIpc) is 3.02. The van der Waals surface area contributed by atoms with E-state index in [1.54, 1.807) is 43.5 Å². The average molecular weight is 410 g/mol. The van der Waals surface area contributed by atoms with Crippen molar-refractivity contribution in [2.24, 2.45) is 0 Å². The number of amides is 1. The van der Waals surface area contributed by atoms with Gasteiger partial charge < -0.3 is 19.4 Å². The van der Waals surface area contributed by atoms with Crippen LogP contribution in [0.2, 0.25) is 0 Å². The van der Waals surface area contributed by atoms with Crippen molar-refractivity contribution in [3.8, 4) is 22.9 Å². The number of nitrogens with one attached hydrogen (secondary N) is 1. The Morgan fingerprint density at radius 1 is 1.10 bits per heavy atom. The summed E-state index contributed by atoms with van der Waals surface area (Å²) in [6.45, 7) is 0.600. The smallest absolute Gasteiger partial charge is 0.262 e. The number of fused-ring (bicyclic) bond motifs is 1. The van der Waals surface area contributed by atoms with Crippen molar-refractivity contribution in [3.05, 3.63) is 54.1 Å². The van der Waals surface area contributed by atoms with Gasteiger partial charge >= 0.3 is 0 Å². The minimum Gasteiger partial charge on any atom is -0.497 e. The Morgan fingerprint density at radius 2 is 1.90 bits per heavy atom. The molecule has 7 nitrogen and oxygen atoms in total. The Bertz CT molecular complexity index is 1030. The summed E-state index contributed by atoms with van der Waals surface area (Å²) < 4.78 is 26.9. The van der Waals surface area contributed by atoms with E-state index in [9.17, 15) is 9.18 Å². The Balaban J connectivity index is 1.45. The molecule has 8 heteroatoms. The summed E-state index contributed by atoms with van der Waals surface area (Å²) in [5.41, 5.74) is 0.797. The van der Waals surface area contributed by atoms with E-state index in [0.717, 1.165) is 38.1 Å². The predicted octanol–water partition coefficient (Wildman–Crippen LogP) is 3.84. The summed E-state index contributed by atoms with van der Waals surface area (Å²) in [6.07, 6.45) is 4.20. The monoisotopic (exact) mass is 410 g/mol. The predicted molar refractivity (Wildman–Crippen MR) is 110 cm³/mol. The number of hydrogen-bond acceptors (Lipinski definition) is 5. The number of methoxy groups -OCH3 is 1. The lowest BCUT2D eigenvalue weighted by atomic mass is 10.1. The first kappa shape index (κ1) is 19.9. The number of nitrogens with zero attached hydrogens (tertiary/aromatic N) is 3. The van der Waals surface area contributed by atoms with Gasteiger partial charge in [0, 0.05) is 18.5 Å². The fraction of sp³-hybridized carbons (Fsp3) is 0.318. The standard InChI is InChI=1S/C22H23FN4O3/c1-29-16-7-9-17(10-8-16)30-14-21(28)24-19-13-15(6-11-18(19)23)22-26-25-20-5-3-2-4-12-27(20)22/h6-11,13H,2-5,12,14H2,1H3,(H,24,28). The summed E-state index contributed by atoms with van der Waals surface area (Å²) in [5, 5.41) is 11.2. The Hall–Kier alpha value is -3.42. The van der Waals surface area contributed by atoms with Crippen molar-refractivity contribution < 1.29 is 18.7 Å². The number of aryl methyl sites for hydroxylation is 1. The molecule has 4 rings (SSSR count). The lowest BCUT2D eigenvalue weighted by Gasteiger charge is -2.11. The zero-order chi connectivity index (χ0) is 20.9. The number of hydrogen-bond donors (Lipinski definition) is 1. The molecule has 1 N–H and O–H groups in total. The Morgan fingerprint density at radius 3 is 2.70 bits per heavy atom. The third-order valence-corrected chi connectivity index (χ3v) is 5.04. The summed E-state index contributed by atoms with van der Waals surface area (Å²) in [4.78, 5) is 12.3. The number of anilines is 1. The van der Waals surface area contributed by atoms with Crippen LogP contribution in [0.5, 0.6) is 11.5 Å². The normalized spacial score (nSPS) is 13.3. The minimum atomic E-state index is -0.521. The van der Waals surface area contributed by atoms with E-state index in [1.165, 1.54) is 6.07 Å². The Labute approximate surface area is 173 Å². The van der Waals surface area contributed by atoms with Gasteiger partial charge in [0.15, 0.2) is 12.4 Å². The molecule has 0 saturated carbocycles. The molecule has 3 aromatic rings. The zero-order valence-electron chi connectivity index (χ0n) is 16.7. The van der Waals surface area contributed by atoms with Crippen LogP contribution in [0.4, 0.5) is 10.1 Å². The van der Waals surface area contributed by atoms with Gasteiger partial charge in [-0.1, -0.05) is 6.42 Å². The van der Waals surface area contributed by atoms with Crippen LogP contribution >= 0.6 is 0 Å². The van der Waals surface area contributed by atoms with Crippen LogP contribution in [0.25, 0.3) is 11.4 Å². The third kappa shape index (κ3) is 4.42. The van der Waals surface area contributed by atoms with Crippen molar-refractivity contribution in [2.45, 2.75) is 32.2 Å². The highest BCUT2D eigenvalue weighted by Crippen LogP contribution is 2.26. The minimum absolute atomic E-state index is 0.0850. The van der Waals surface area contributed by atoms with Crippen LogP contribution in [0.1, 0.15) is 25.1 Å². The summed E-state index contributed by atoms with van der Waals surface area (Å²) in [5.74, 6) is 1.87. The molecule has 0 unspecified atom stereocenters. The molecule has 0 radical (unpaired) electrons. The summed E-state index contributed by atoms with van der Waals surface area (Å²) in [7, 11) is 1.57. The lowest BCUT2D eigenvalue weighted by Crippen LogP contribution is -2.20. The first-order valence-electron chi connectivity index (χ1n) is 9.93. The molecule has 1 aliphatic rings. The van der Waals surface area contributed by atoms with Gasteiger partial charge in [0.1, 0.15) is 23.1 Å². The molecular weight excluding hydrogens is 387 g/mol. The van der Waals surface area contributed by atoms with Gasteiger partial charge in [-0.15, -0.1) is 10.2 Å². The van der Waals surface area contributed by atoms with E-state index >= 15 is 0 Å². The van der Waals surface area contributed by atoms with Gasteiger partial charge in [0.05, 0.1) is 12.8 Å². The van der Waals surface area contributed by atoms with Gasteiger partial charge in [0.2, 0.25) is 0 Å². The molecule has 1 aliphatic heterocycles. The van der Waals surface area contributed by atoms with Crippen LogP contribution < -0.4 is 14.8 Å². The molecular formula is C22H23FN4O3. The number of carbonyl (C=O) groups excluding carboxylic acids is 1. The zero-order valence-corrected chi connectivity index (χ0v) is 16.7. The van der Waals surface area contributed by atoms with Crippen LogP contribution in [0.3, 0.4) is 0 Å². The van der Waals surface area contributed by atoms with Gasteiger partial charge in [-0.2, -0.15) is 0 Å². The molecule has 0 aliphatic carbocycles. The fourth-order valence-electron chi connectivity index (χ4n) is 3.47. The molecule has 0 fully saturated rings. The number of ether oxygens (including phenoxy) is 2. The summed E-state index contributed by atoms with van der Waals surface area (Å²) in [6, 6.07) is 11.4. The maximum absolute atomic E-state index is 14.3. The third-order valence-electron chi connectivity index (χ3n) is 5.04. The van der Waals surface area contributed by atoms with Crippen LogP contribution in [-0.2, 0) is 17.8 Å². The quantitative estimate of drug-likeness (QED) is 0.668. The van der Waals surface area contributed by atoms with Crippen molar-refractivity contribution in [3.63, 3.8) is 0 Å². The maximum Gasteiger partial charge on any atom is 0.262 e. The van der Waals surface area contributed by atoms with Crippen molar-refractivity contribution in [1.82, 2.24) is 14.8 Å². The van der Waals surface area contributed by atoms with Crippen LogP contribution in [0, 0.1) is 5.82 Å². The number of rotatable bonds is 6. The van der Waals surface area contributed by atoms with Crippen molar-refractivity contribution in [1.29, 1.82) is 0 Å². The topological polar surface area (TPSA) is 78.3 Å². The van der Waals surface area contributed by atoms with Gasteiger partial charge in [0.25, 0.3) is 5.91 Å². The van der Waals surface area contributed by atoms with E-state index in [1.807, 2.05) is 0 Å². The second-order valence-corrected chi connectivity index (χ2v) is 7.11. The molecule has 0 spiro atoms. The molecule has 156 valence electrons. The van der Waals surface area contributed by atoms with Crippen molar-refractivity contribution in [2.75, 3.05) is 19.0 Å². The fourth-order valence-corrected chi connectivity index (χ4v) is 3.47. The highest BCUT2D eigenvalue weighted by Gasteiger charge is 2.17. The first-order chi connectivity index (χ1) is 14.6. The molecule has 2 heterocycles.